The molecule has 1 aromatic carbocycles. The minimum absolute atomic E-state index is 0.0959. The van der Waals surface area contributed by atoms with Crippen LogP contribution < -0.4 is 5.32 Å². The lowest BCUT2D eigenvalue weighted by Crippen LogP contribution is -2.09. The maximum absolute atomic E-state index is 5.70. The Balaban J connectivity index is 1.86. The van der Waals surface area contributed by atoms with Crippen molar-refractivity contribution in [1.82, 2.24) is 15.0 Å². The summed E-state index contributed by atoms with van der Waals surface area (Å²) in [6.07, 6.45) is 0.963. The average Bonchev–Trinajstić information content (AvgIpc) is 2.38. The first kappa shape index (κ1) is 14.0. The Hall–Kier alpha value is -1.39. The summed E-state index contributed by atoms with van der Waals surface area (Å²) < 4.78 is 0. The van der Waals surface area contributed by atoms with Crippen LogP contribution in [0.2, 0.25) is 10.6 Å². The van der Waals surface area contributed by atoms with Gasteiger partial charge in [-0.3, -0.25) is 0 Å². The Morgan fingerprint density at radius 3 is 2.32 bits per heavy atom. The Morgan fingerprint density at radius 2 is 1.68 bits per heavy atom. The molecular weight excluding hydrogens is 283 g/mol. The summed E-state index contributed by atoms with van der Waals surface area (Å²) >= 11 is 11.4. The second kappa shape index (κ2) is 6.68. The minimum Gasteiger partial charge on any atom is -0.354 e. The normalized spacial score (nSPS) is 12.2. The summed E-state index contributed by atoms with van der Waals surface area (Å²) in [6, 6.07) is 10.4. The number of halogens is 2. The summed E-state index contributed by atoms with van der Waals surface area (Å²) in [4.78, 5) is 11.6. The van der Waals surface area contributed by atoms with Gasteiger partial charge in [-0.15, -0.1) is 0 Å². The second-order valence-corrected chi connectivity index (χ2v) is 4.90. The molecule has 0 aliphatic carbocycles. The van der Waals surface area contributed by atoms with Gasteiger partial charge in [-0.2, -0.15) is 15.0 Å². The van der Waals surface area contributed by atoms with Gasteiger partial charge in [0.1, 0.15) is 0 Å². The number of aromatic nitrogens is 3. The molecule has 0 spiro atoms. The third-order valence-corrected chi connectivity index (χ3v) is 3.15. The summed E-state index contributed by atoms with van der Waals surface area (Å²) in [5, 5.41) is 3.29. The Kier molecular flexibility index (Phi) is 4.93. The average molecular weight is 297 g/mol. The van der Waals surface area contributed by atoms with Crippen molar-refractivity contribution in [2.24, 2.45) is 0 Å². The van der Waals surface area contributed by atoms with E-state index in [9.17, 15) is 0 Å². The Bertz CT molecular complexity index is 513. The molecule has 0 saturated heterocycles. The highest BCUT2D eigenvalue weighted by Gasteiger charge is 2.06. The van der Waals surface area contributed by atoms with Gasteiger partial charge in [0.05, 0.1) is 0 Å². The molecule has 100 valence electrons. The quantitative estimate of drug-likeness (QED) is 0.912. The largest absolute Gasteiger partial charge is 0.354 e. The van der Waals surface area contributed by atoms with Crippen LogP contribution in [0.3, 0.4) is 0 Å². The molecular formula is C13H14Cl2N4. The number of benzene rings is 1. The second-order valence-electron chi connectivity index (χ2n) is 4.22. The molecule has 0 saturated carbocycles. The van der Waals surface area contributed by atoms with E-state index in [0.29, 0.717) is 11.9 Å². The number of hydrogen-bond donors (Lipinski definition) is 1. The summed E-state index contributed by atoms with van der Waals surface area (Å²) in [7, 11) is 0. The van der Waals surface area contributed by atoms with Crippen LogP contribution in [0.15, 0.2) is 30.3 Å². The molecule has 0 amide bonds. The maximum Gasteiger partial charge on any atom is 0.228 e. The standard InChI is InChI=1S/C13H14Cl2N4/c1-9(10-5-3-2-4-6-10)7-8-16-13-18-11(14)17-12(15)19-13/h2-6,9H,7-8H2,1H3,(H,16,17,18,19). The molecule has 2 aromatic rings. The zero-order valence-electron chi connectivity index (χ0n) is 10.5. The lowest BCUT2D eigenvalue weighted by molar-refractivity contribution is 0.703. The predicted octanol–water partition coefficient (Wildman–Crippen LogP) is 3.78. The van der Waals surface area contributed by atoms with Crippen LogP contribution in [0.4, 0.5) is 5.95 Å². The SMILES string of the molecule is CC(CCNc1nc(Cl)nc(Cl)n1)c1ccccc1. The van der Waals surface area contributed by atoms with E-state index >= 15 is 0 Å². The minimum atomic E-state index is 0.0959. The Labute approximate surface area is 122 Å². The van der Waals surface area contributed by atoms with Gasteiger partial charge in [-0.25, -0.2) is 0 Å². The van der Waals surface area contributed by atoms with Crippen molar-refractivity contribution in [1.29, 1.82) is 0 Å². The molecule has 0 radical (unpaired) electrons. The van der Waals surface area contributed by atoms with Gasteiger partial charge in [0.2, 0.25) is 16.5 Å². The molecule has 1 heterocycles. The van der Waals surface area contributed by atoms with Crippen molar-refractivity contribution < 1.29 is 0 Å². The molecule has 6 heteroatoms. The van der Waals surface area contributed by atoms with E-state index in [1.165, 1.54) is 5.56 Å². The van der Waals surface area contributed by atoms with Crippen LogP contribution >= 0.6 is 23.2 Å². The molecule has 19 heavy (non-hydrogen) atoms. The summed E-state index contributed by atoms with van der Waals surface area (Å²) in [6.45, 7) is 2.93. The molecule has 1 aromatic heterocycles. The first-order chi connectivity index (χ1) is 9.15. The predicted molar refractivity (Wildman–Crippen MR) is 77.8 cm³/mol. The van der Waals surface area contributed by atoms with E-state index in [1.54, 1.807) is 0 Å². The maximum atomic E-state index is 5.70. The first-order valence-electron chi connectivity index (χ1n) is 6.01. The zero-order valence-corrected chi connectivity index (χ0v) is 12.0. The smallest absolute Gasteiger partial charge is 0.228 e. The summed E-state index contributed by atoms with van der Waals surface area (Å²) in [5.41, 5.74) is 1.32. The molecule has 0 aliphatic heterocycles. The third kappa shape index (κ3) is 4.33. The van der Waals surface area contributed by atoms with E-state index in [4.69, 9.17) is 23.2 Å². The number of hydrogen-bond acceptors (Lipinski definition) is 4. The third-order valence-electron chi connectivity index (χ3n) is 2.81. The van der Waals surface area contributed by atoms with Crippen LogP contribution in [-0.4, -0.2) is 21.5 Å². The highest BCUT2D eigenvalue weighted by molar-refractivity contribution is 6.31. The van der Waals surface area contributed by atoms with Gasteiger partial charge in [-0.05, 0) is 41.1 Å². The van der Waals surface area contributed by atoms with Crippen molar-refractivity contribution in [2.45, 2.75) is 19.3 Å². The van der Waals surface area contributed by atoms with E-state index in [1.807, 2.05) is 18.2 Å². The van der Waals surface area contributed by atoms with Crippen molar-refractivity contribution in [3.05, 3.63) is 46.5 Å². The molecule has 1 unspecified atom stereocenters. The van der Waals surface area contributed by atoms with Gasteiger partial charge in [0.25, 0.3) is 0 Å². The van der Waals surface area contributed by atoms with Crippen LogP contribution in [-0.2, 0) is 0 Å². The molecule has 1 N–H and O–H groups in total. The van der Waals surface area contributed by atoms with Crippen molar-refractivity contribution in [3.63, 3.8) is 0 Å². The molecule has 0 fully saturated rings. The zero-order chi connectivity index (χ0) is 13.7. The number of rotatable bonds is 5. The molecule has 2 rings (SSSR count). The van der Waals surface area contributed by atoms with E-state index in [2.05, 4.69) is 39.3 Å². The fourth-order valence-corrected chi connectivity index (χ4v) is 2.12. The lowest BCUT2D eigenvalue weighted by Gasteiger charge is -2.12. The molecule has 1 atom stereocenters. The molecule has 0 bridgehead atoms. The molecule has 4 nitrogen and oxygen atoms in total. The van der Waals surface area contributed by atoms with Gasteiger partial charge in [0.15, 0.2) is 0 Å². The van der Waals surface area contributed by atoms with Gasteiger partial charge >= 0.3 is 0 Å². The Morgan fingerprint density at radius 1 is 1.05 bits per heavy atom. The van der Waals surface area contributed by atoms with Crippen molar-refractivity contribution in [3.8, 4) is 0 Å². The highest BCUT2D eigenvalue weighted by Crippen LogP contribution is 2.18. The number of nitrogens with one attached hydrogen (secondary N) is 1. The van der Waals surface area contributed by atoms with Crippen molar-refractivity contribution >= 4 is 29.2 Å². The van der Waals surface area contributed by atoms with Crippen LogP contribution in [0.1, 0.15) is 24.8 Å². The number of anilines is 1. The fraction of sp³-hybridized carbons (Fsp3) is 0.308. The van der Waals surface area contributed by atoms with E-state index in [-0.39, 0.29) is 10.6 Å². The van der Waals surface area contributed by atoms with Gasteiger partial charge in [0, 0.05) is 6.54 Å². The van der Waals surface area contributed by atoms with Crippen LogP contribution in [0.5, 0.6) is 0 Å². The highest BCUT2D eigenvalue weighted by atomic mass is 35.5. The van der Waals surface area contributed by atoms with Gasteiger partial charge < -0.3 is 5.32 Å². The van der Waals surface area contributed by atoms with Crippen LogP contribution in [0, 0.1) is 0 Å². The van der Waals surface area contributed by atoms with E-state index in [0.717, 1.165) is 13.0 Å². The fourth-order valence-electron chi connectivity index (χ4n) is 1.75. The molecule has 0 aliphatic rings. The monoisotopic (exact) mass is 296 g/mol. The van der Waals surface area contributed by atoms with Gasteiger partial charge in [-0.1, -0.05) is 37.3 Å². The topological polar surface area (TPSA) is 50.7 Å². The van der Waals surface area contributed by atoms with E-state index < -0.39 is 0 Å². The first-order valence-corrected chi connectivity index (χ1v) is 6.76. The lowest BCUT2D eigenvalue weighted by atomic mass is 9.98. The van der Waals surface area contributed by atoms with Crippen molar-refractivity contribution in [2.75, 3.05) is 11.9 Å². The number of nitrogens with zero attached hydrogens (tertiary/aromatic N) is 3. The summed E-state index contributed by atoms with van der Waals surface area (Å²) in [5.74, 6) is 0.867. The van der Waals surface area contributed by atoms with Crippen LogP contribution in [0.25, 0.3) is 0 Å².